The number of ether oxygens (including phenoxy) is 1. The Labute approximate surface area is 229 Å². The molecule has 0 aliphatic carbocycles. The molecule has 40 heavy (non-hydrogen) atoms. The molecule has 3 aromatic heterocycles. The van der Waals surface area contributed by atoms with Gasteiger partial charge in [0.1, 0.15) is 12.3 Å². The number of aryl methyl sites for hydroxylation is 1. The van der Waals surface area contributed by atoms with Gasteiger partial charge in [-0.05, 0) is 41.5 Å². The second-order valence-corrected chi connectivity index (χ2v) is 10.1. The van der Waals surface area contributed by atoms with E-state index in [4.69, 9.17) is 4.74 Å². The van der Waals surface area contributed by atoms with E-state index in [2.05, 4.69) is 40.3 Å². The maximum absolute atomic E-state index is 13.2. The van der Waals surface area contributed by atoms with Gasteiger partial charge in [-0.25, -0.2) is 13.4 Å². The Morgan fingerprint density at radius 3 is 2.52 bits per heavy atom. The van der Waals surface area contributed by atoms with E-state index in [9.17, 15) is 13.5 Å². The number of nitrogens with one attached hydrogen (secondary N) is 2. The number of pyridine rings is 1. The summed E-state index contributed by atoms with van der Waals surface area (Å²) in [5.41, 5.74) is 3.58. The van der Waals surface area contributed by atoms with Gasteiger partial charge in [0.25, 0.3) is 10.0 Å². The largest absolute Gasteiger partial charge is 0.475 e. The summed E-state index contributed by atoms with van der Waals surface area (Å²) in [6.45, 7) is 1.60. The number of aliphatic hydroxyl groups excluding tert-OH is 1. The van der Waals surface area contributed by atoms with Gasteiger partial charge in [0.2, 0.25) is 11.7 Å². The highest BCUT2D eigenvalue weighted by atomic mass is 32.2. The van der Waals surface area contributed by atoms with Crippen molar-refractivity contribution in [3.8, 4) is 39.9 Å². The summed E-state index contributed by atoms with van der Waals surface area (Å²) in [6, 6.07) is 19.8. The molecule has 0 bridgehead atoms. The summed E-state index contributed by atoms with van der Waals surface area (Å²) >= 11 is 0. The van der Waals surface area contributed by atoms with Crippen LogP contribution in [-0.4, -0.2) is 62.3 Å². The fourth-order valence-corrected chi connectivity index (χ4v) is 4.56. The van der Waals surface area contributed by atoms with Gasteiger partial charge in [-0.2, -0.15) is 10.2 Å². The van der Waals surface area contributed by atoms with Gasteiger partial charge in [-0.15, -0.1) is 10.2 Å². The van der Waals surface area contributed by atoms with E-state index in [0.29, 0.717) is 27.9 Å². The third-order valence-electron chi connectivity index (χ3n) is 5.62. The van der Waals surface area contributed by atoms with Crippen LogP contribution >= 0.6 is 0 Å². The maximum Gasteiger partial charge on any atom is 0.256 e. The van der Waals surface area contributed by atoms with Crippen LogP contribution in [0.15, 0.2) is 78.3 Å². The Balaban J connectivity index is 1.64. The van der Waals surface area contributed by atoms with Crippen LogP contribution in [0, 0.1) is 6.92 Å². The topological polar surface area (TPSA) is 169 Å². The fourth-order valence-electron chi connectivity index (χ4n) is 3.73. The van der Waals surface area contributed by atoms with Crippen molar-refractivity contribution in [1.82, 2.24) is 35.6 Å². The number of aliphatic hydroxyl groups is 1. The predicted octanol–water partition coefficient (Wildman–Crippen LogP) is 3.48. The molecule has 0 aliphatic rings. The number of tetrazole rings is 1. The summed E-state index contributed by atoms with van der Waals surface area (Å²) in [4.78, 5) is 13.5. The van der Waals surface area contributed by atoms with Crippen molar-refractivity contribution in [2.75, 3.05) is 17.9 Å². The van der Waals surface area contributed by atoms with E-state index in [0.717, 1.165) is 11.0 Å². The summed E-state index contributed by atoms with van der Waals surface area (Å²) in [7, 11) is -4.02. The second-order valence-electron chi connectivity index (χ2n) is 8.54. The van der Waals surface area contributed by atoms with Crippen LogP contribution in [0.5, 0.6) is 5.88 Å². The number of anilines is 1. The Morgan fingerprint density at radius 1 is 1.00 bits per heavy atom. The lowest BCUT2D eigenvalue weighted by Crippen LogP contribution is -2.14. The molecule has 2 aromatic carbocycles. The quantitative estimate of drug-likeness (QED) is 0.231. The molecule has 3 heterocycles. The first kappa shape index (κ1) is 26.6. The first-order chi connectivity index (χ1) is 19.4. The molecule has 0 saturated heterocycles. The third-order valence-corrected chi connectivity index (χ3v) is 6.59. The van der Waals surface area contributed by atoms with Crippen LogP contribution in [0.25, 0.3) is 40.1 Å². The summed E-state index contributed by atoms with van der Waals surface area (Å²) in [5.74, 6) is 0.505. The molecule has 5 rings (SSSR count). The predicted molar refractivity (Wildman–Crippen MR) is 149 cm³/mol. The van der Waals surface area contributed by atoms with Gasteiger partial charge < -0.3 is 9.84 Å². The van der Waals surface area contributed by atoms with Gasteiger partial charge in [-0.1, -0.05) is 60.2 Å². The Bertz CT molecular complexity index is 1730. The SMILES string of the molecule is Cc1ccc(-c2c(NS(=O)(=O)/C=C/c3ccccc3)nc(-c3ccnc(-c4nn[nH]n4)c3)nc2OCCO)cc1. The minimum absolute atomic E-state index is 0.00238. The number of aromatic nitrogens is 7. The molecule has 0 amide bonds. The van der Waals surface area contributed by atoms with Crippen LogP contribution in [0.1, 0.15) is 11.1 Å². The molecular formula is C27H24N8O4S. The molecule has 0 fully saturated rings. The van der Waals surface area contributed by atoms with Crippen molar-refractivity contribution in [2.45, 2.75) is 6.92 Å². The molecule has 202 valence electrons. The minimum Gasteiger partial charge on any atom is -0.475 e. The zero-order valence-electron chi connectivity index (χ0n) is 21.3. The number of hydrogen-bond donors (Lipinski definition) is 3. The second kappa shape index (κ2) is 11.8. The van der Waals surface area contributed by atoms with Crippen molar-refractivity contribution in [1.29, 1.82) is 0 Å². The number of nitrogens with zero attached hydrogens (tertiary/aromatic N) is 6. The van der Waals surface area contributed by atoms with Crippen molar-refractivity contribution >= 4 is 21.9 Å². The highest BCUT2D eigenvalue weighted by Gasteiger charge is 2.22. The van der Waals surface area contributed by atoms with Crippen molar-refractivity contribution in [3.63, 3.8) is 0 Å². The van der Waals surface area contributed by atoms with Gasteiger partial charge in [0.15, 0.2) is 11.6 Å². The van der Waals surface area contributed by atoms with Crippen LogP contribution in [0.2, 0.25) is 0 Å². The Kier molecular flexibility index (Phi) is 7.84. The summed E-state index contributed by atoms with van der Waals surface area (Å²) < 4.78 is 34.8. The molecule has 13 heteroatoms. The smallest absolute Gasteiger partial charge is 0.256 e. The molecule has 0 radical (unpaired) electrons. The van der Waals surface area contributed by atoms with E-state index in [1.54, 1.807) is 24.3 Å². The molecule has 3 N–H and O–H groups in total. The molecule has 0 aliphatic heterocycles. The first-order valence-electron chi connectivity index (χ1n) is 12.1. The van der Waals surface area contributed by atoms with Gasteiger partial charge in [-0.3, -0.25) is 9.71 Å². The first-order valence-corrected chi connectivity index (χ1v) is 13.7. The van der Waals surface area contributed by atoms with Crippen molar-refractivity contribution in [3.05, 3.63) is 89.5 Å². The van der Waals surface area contributed by atoms with Gasteiger partial charge in [0, 0.05) is 11.8 Å². The lowest BCUT2D eigenvalue weighted by atomic mass is 10.1. The third kappa shape index (κ3) is 6.34. The van der Waals surface area contributed by atoms with Crippen molar-refractivity contribution < 1.29 is 18.3 Å². The molecule has 0 unspecified atom stereocenters. The van der Waals surface area contributed by atoms with E-state index in [1.807, 2.05) is 49.4 Å². The molecular weight excluding hydrogens is 532 g/mol. The zero-order chi connectivity index (χ0) is 28.0. The standard InChI is InChI=1S/C27H24N8O4S/c1-18-7-9-20(10-8-18)23-26(33-40(37,38)16-12-19-5-3-2-4-6-19)29-24(30-27(23)39-15-14-36)21-11-13-28-22(17-21)25-31-34-35-32-25/h2-13,16-17,36H,14-15H2,1H3,(H,29,30,33)(H,31,32,34,35)/b16-12+. The fraction of sp³-hybridized carbons (Fsp3) is 0.111. The maximum atomic E-state index is 13.2. The highest BCUT2D eigenvalue weighted by Crippen LogP contribution is 2.37. The van der Waals surface area contributed by atoms with E-state index < -0.39 is 10.0 Å². The average molecular weight is 557 g/mol. The van der Waals surface area contributed by atoms with E-state index >= 15 is 0 Å². The van der Waals surface area contributed by atoms with E-state index in [-0.39, 0.29) is 36.6 Å². The average Bonchev–Trinajstić information content (AvgIpc) is 3.51. The van der Waals surface area contributed by atoms with Crippen molar-refractivity contribution in [2.24, 2.45) is 0 Å². The lowest BCUT2D eigenvalue weighted by molar-refractivity contribution is 0.197. The molecule has 5 aromatic rings. The number of aromatic amines is 1. The number of sulfonamides is 1. The lowest BCUT2D eigenvalue weighted by Gasteiger charge is -2.17. The van der Waals surface area contributed by atoms with Crippen LogP contribution < -0.4 is 9.46 Å². The number of H-pyrrole nitrogens is 1. The number of hydrogen-bond acceptors (Lipinski definition) is 10. The van der Waals surface area contributed by atoms with Crippen LogP contribution in [0.3, 0.4) is 0 Å². The Hall–Kier alpha value is -5.01. The van der Waals surface area contributed by atoms with E-state index in [1.165, 1.54) is 12.3 Å². The van der Waals surface area contributed by atoms with Gasteiger partial charge in [0.05, 0.1) is 17.6 Å². The molecule has 12 nitrogen and oxygen atoms in total. The van der Waals surface area contributed by atoms with Crippen LogP contribution in [-0.2, 0) is 10.0 Å². The zero-order valence-corrected chi connectivity index (χ0v) is 22.1. The highest BCUT2D eigenvalue weighted by molar-refractivity contribution is 7.95. The molecule has 0 saturated carbocycles. The molecule has 0 spiro atoms. The van der Waals surface area contributed by atoms with Crippen LogP contribution in [0.4, 0.5) is 5.82 Å². The normalized spacial score (nSPS) is 11.6. The minimum atomic E-state index is -4.02. The Morgan fingerprint density at radius 2 is 1.80 bits per heavy atom. The summed E-state index contributed by atoms with van der Waals surface area (Å²) in [6.07, 6.45) is 3.01. The molecule has 0 atom stereocenters. The number of benzene rings is 2. The van der Waals surface area contributed by atoms with Gasteiger partial charge >= 0.3 is 0 Å². The monoisotopic (exact) mass is 556 g/mol. The number of rotatable bonds is 10. The summed E-state index contributed by atoms with van der Waals surface area (Å²) in [5, 5.41) is 24.4.